The molecule has 3 atom stereocenters. The lowest BCUT2D eigenvalue weighted by molar-refractivity contribution is 0.252. The van der Waals surface area contributed by atoms with Gasteiger partial charge in [0.2, 0.25) is 0 Å². The zero-order valence-electron chi connectivity index (χ0n) is 14.3. The summed E-state index contributed by atoms with van der Waals surface area (Å²) >= 11 is 0. The van der Waals surface area contributed by atoms with E-state index in [-0.39, 0.29) is 0 Å². The van der Waals surface area contributed by atoms with Crippen LogP contribution in [0.3, 0.4) is 0 Å². The molecule has 0 nitrogen and oxygen atoms in total. The SMILES string of the molecule is CCCC1=C2CC[C@H]3CCCCCC[C@@H](CC[C@H](C1)C3)C2. The average molecular weight is 289 g/mol. The molecule has 0 spiro atoms. The summed E-state index contributed by atoms with van der Waals surface area (Å²) < 4.78 is 0. The van der Waals surface area contributed by atoms with E-state index < -0.39 is 0 Å². The van der Waals surface area contributed by atoms with Gasteiger partial charge in [-0.05, 0) is 69.1 Å². The molecule has 0 unspecified atom stereocenters. The zero-order chi connectivity index (χ0) is 14.5. The first-order chi connectivity index (χ1) is 10.3. The van der Waals surface area contributed by atoms with E-state index in [9.17, 15) is 0 Å². The molecule has 0 heterocycles. The van der Waals surface area contributed by atoms with Gasteiger partial charge in [-0.2, -0.15) is 0 Å². The fourth-order valence-corrected chi connectivity index (χ4v) is 5.42. The smallest absolute Gasteiger partial charge is 0.0289 e. The molecule has 0 aliphatic heterocycles. The van der Waals surface area contributed by atoms with E-state index in [1.54, 1.807) is 19.3 Å². The lowest BCUT2D eigenvalue weighted by atomic mass is 9.71. The van der Waals surface area contributed by atoms with E-state index >= 15 is 0 Å². The first-order valence-corrected chi connectivity index (χ1v) is 10.0. The molecule has 2 saturated carbocycles. The van der Waals surface area contributed by atoms with Crippen molar-refractivity contribution >= 4 is 0 Å². The molecule has 4 rings (SSSR count). The van der Waals surface area contributed by atoms with Crippen LogP contribution < -0.4 is 0 Å². The van der Waals surface area contributed by atoms with Gasteiger partial charge in [0.1, 0.15) is 0 Å². The first-order valence-electron chi connectivity index (χ1n) is 10.0. The standard InChI is InChI=1S/C21H36/c1-2-7-20-16-19-11-10-18-9-6-4-3-5-8-17(14-19)12-13-21(20)15-18/h17-19H,2-16H2,1H3/t17-,18+,19+/m1/s1. The summed E-state index contributed by atoms with van der Waals surface area (Å²) in [5, 5.41) is 0. The topological polar surface area (TPSA) is 0 Å². The minimum atomic E-state index is 1.03. The minimum Gasteiger partial charge on any atom is -0.0707 e. The Morgan fingerprint density at radius 3 is 2.33 bits per heavy atom. The molecular weight excluding hydrogens is 252 g/mol. The Morgan fingerprint density at radius 2 is 1.52 bits per heavy atom. The van der Waals surface area contributed by atoms with E-state index in [0.29, 0.717) is 0 Å². The van der Waals surface area contributed by atoms with Gasteiger partial charge in [-0.3, -0.25) is 0 Å². The van der Waals surface area contributed by atoms with E-state index in [1.807, 2.05) is 11.1 Å². The highest BCUT2D eigenvalue weighted by atomic mass is 14.3. The lowest BCUT2D eigenvalue weighted by Gasteiger charge is -2.35. The summed E-state index contributed by atoms with van der Waals surface area (Å²) in [6, 6.07) is 0. The second-order valence-electron chi connectivity index (χ2n) is 8.31. The summed E-state index contributed by atoms with van der Waals surface area (Å²) in [5.41, 5.74) is 3.86. The Morgan fingerprint density at radius 1 is 0.762 bits per heavy atom. The molecule has 0 aromatic carbocycles. The summed E-state index contributed by atoms with van der Waals surface area (Å²) in [6.45, 7) is 2.38. The molecule has 0 radical (unpaired) electrons. The Hall–Kier alpha value is -0.260. The van der Waals surface area contributed by atoms with Gasteiger partial charge in [0.25, 0.3) is 0 Å². The maximum absolute atomic E-state index is 2.38. The third kappa shape index (κ3) is 4.36. The van der Waals surface area contributed by atoms with Crippen molar-refractivity contribution in [2.45, 2.75) is 103 Å². The van der Waals surface area contributed by atoms with Crippen molar-refractivity contribution < 1.29 is 0 Å². The number of rotatable bonds is 2. The van der Waals surface area contributed by atoms with Crippen LogP contribution in [0.15, 0.2) is 11.1 Å². The second-order valence-corrected chi connectivity index (χ2v) is 8.31. The molecule has 0 N–H and O–H groups in total. The van der Waals surface area contributed by atoms with Gasteiger partial charge < -0.3 is 0 Å². The van der Waals surface area contributed by atoms with Crippen molar-refractivity contribution in [3.63, 3.8) is 0 Å². The van der Waals surface area contributed by atoms with Crippen LogP contribution in [0.4, 0.5) is 0 Å². The van der Waals surface area contributed by atoms with Gasteiger partial charge in [0, 0.05) is 0 Å². The van der Waals surface area contributed by atoms with Gasteiger partial charge >= 0.3 is 0 Å². The number of hydrogen-bond donors (Lipinski definition) is 0. The first kappa shape index (κ1) is 15.6. The number of fused-ring (bicyclic) bond motifs is 8. The van der Waals surface area contributed by atoms with Crippen LogP contribution in [-0.2, 0) is 0 Å². The molecule has 120 valence electrons. The van der Waals surface area contributed by atoms with E-state index in [0.717, 1.165) is 17.8 Å². The molecule has 0 heteroatoms. The molecule has 21 heavy (non-hydrogen) atoms. The van der Waals surface area contributed by atoms with Crippen molar-refractivity contribution in [1.82, 2.24) is 0 Å². The molecule has 0 amide bonds. The van der Waals surface area contributed by atoms with Gasteiger partial charge in [0.15, 0.2) is 0 Å². The highest BCUT2D eigenvalue weighted by Crippen LogP contribution is 2.43. The normalized spacial score (nSPS) is 35.0. The summed E-state index contributed by atoms with van der Waals surface area (Å²) in [6.07, 6.45) is 22.5. The van der Waals surface area contributed by atoms with Crippen LogP contribution in [-0.4, -0.2) is 0 Å². The molecule has 4 aliphatic rings. The minimum absolute atomic E-state index is 1.03. The second kappa shape index (κ2) is 7.84. The van der Waals surface area contributed by atoms with Crippen molar-refractivity contribution in [3.05, 3.63) is 11.1 Å². The molecule has 0 aromatic rings. The predicted octanol–water partition coefficient (Wildman–Crippen LogP) is 7.04. The molecule has 2 fully saturated rings. The molecule has 0 saturated heterocycles. The maximum Gasteiger partial charge on any atom is -0.0289 e. The highest BCUT2D eigenvalue weighted by molar-refractivity contribution is 5.18. The maximum atomic E-state index is 2.38. The van der Waals surface area contributed by atoms with E-state index in [4.69, 9.17) is 0 Å². The van der Waals surface area contributed by atoms with Crippen molar-refractivity contribution in [1.29, 1.82) is 0 Å². The molecular formula is C21H36. The number of allylic oxidation sites excluding steroid dienone is 2. The number of hydrogen-bond acceptors (Lipinski definition) is 0. The Bertz CT molecular complexity index is 351. The van der Waals surface area contributed by atoms with Gasteiger partial charge in [-0.1, -0.05) is 63.0 Å². The van der Waals surface area contributed by atoms with Crippen LogP contribution in [0.2, 0.25) is 0 Å². The van der Waals surface area contributed by atoms with Crippen LogP contribution in [0.25, 0.3) is 0 Å². The molecule has 4 bridgehead atoms. The monoisotopic (exact) mass is 288 g/mol. The fourth-order valence-electron chi connectivity index (χ4n) is 5.42. The quantitative estimate of drug-likeness (QED) is 0.478. The third-order valence-electron chi connectivity index (χ3n) is 6.60. The summed E-state index contributed by atoms with van der Waals surface area (Å²) in [7, 11) is 0. The fraction of sp³-hybridized carbons (Fsp3) is 0.905. The van der Waals surface area contributed by atoms with Crippen LogP contribution in [0.5, 0.6) is 0 Å². The van der Waals surface area contributed by atoms with E-state index in [1.165, 1.54) is 77.0 Å². The lowest BCUT2D eigenvalue weighted by Crippen LogP contribution is -2.20. The summed E-state index contributed by atoms with van der Waals surface area (Å²) in [4.78, 5) is 0. The molecule has 0 aromatic heterocycles. The van der Waals surface area contributed by atoms with Crippen LogP contribution in [0.1, 0.15) is 103 Å². The average Bonchev–Trinajstić information content (AvgIpc) is 2.45. The largest absolute Gasteiger partial charge is 0.0707 e. The van der Waals surface area contributed by atoms with Crippen molar-refractivity contribution in [2.75, 3.05) is 0 Å². The van der Waals surface area contributed by atoms with Gasteiger partial charge in [0.05, 0.1) is 0 Å². The van der Waals surface area contributed by atoms with Crippen molar-refractivity contribution in [3.8, 4) is 0 Å². The Labute approximate surface area is 132 Å². The third-order valence-corrected chi connectivity index (χ3v) is 6.60. The summed E-state index contributed by atoms with van der Waals surface area (Å²) in [5.74, 6) is 3.13. The van der Waals surface area contributed by atoms with E-state index in [2.05, 4.69) is 6.92 Å². The van der Waals surface area contributed by atoms with Gasteiger partial charge in [-0.25, -0.2) is 0 Å². The van der Waals surface area contributed by atoms with Crippen molar-refractivity contribution in [2.24, 2.45) is 17.8 Å². The Kier molecular flexibility index (Phi) is 5.83. The Balaban J connectivity index is 1.85. The van der Waals surface area contributed by atoms with Gasteiger partial charge in [-0.15, -0.1) is 0 Å². The van der Waals surface area contributed by atoms with Crippen LogP contribution in [0, 0.1) is 17.8 Å². The molecule has 4 aliphatic carbocycles. The van der Waals surface area contributed by atoms with Crippen LogP contribution >= 0.6 is 0 Å². The highest BCUT2D eigenvalue weighted by Gasteiger charge is 2.27. The zero-order valence-corrected chi connectivity index (χ0v) is 14.3. The predicted molar refractivity (Wildman–Crippen MR) is 92.4 cm³/mol.